The molecule has 0 unspecified atom stereocenters. The number of allylic oxidation sites excluding steroid dienone is 8. The number of nitrogens with zero attached hydrogens (tertiary/aromatic N) is 2. The number of pyridine rings is 1. The highest BCUT2D eigenvalue weighted by Crippen LogP contribution is 2.41. The minimum Gasteiger partial charge on any atom is -0.744 e. The van der Waals surface area contributed by atoms with Crippen LogP contribution in [0.15, 0.2) is 150 Å². The highest BCUT2D eigenvalue weighted by molar-refractivity contribution is 7.85. The van der Waals surface area contributed by atoms with Gasteiger partial charge in [0.25, 0.3) is 0 Å². The molecule has 0 radical (unpaired) electrons. The van der Waals surface area contributed by atoms with Crippen LogP contribution in [-0.4, -0.2) is 44.7 Å². The van der Waals surface area contributed by atoms with Crippen molar-refractivity contribution in [2.45, 2.75) is 58.9 Å². The van der Waals surface area contributed by atoms with Gasteiger partial charge in [0.15, 0.2) is 6.20 Å². The van der Waals surface area contributed by atoms with Crippen molar-refractivity contribution in [3.8, 4) is 0 Å². The van der Waals surface area contributed by atoms with Gasteiger partial charge in [0, 0.05) is 36.1 Å². The SMILES string of the molecule is CCOC(=O)c1ccc2c(c1)/C(=C/C=C1\CCC(/C=C/c3cc[n+](CC)c4ccc(C(=O)OCC)cc34)=C1c1ccccc1)C=CN2CC.Cc1ccc(S(=O)(=O)[O-])cc1. The summed E-state index contributed by atoms with van der Waals surface area (Å²) in [5.74, 6) is -0.620. The number of anilines is 1. The summed E-state index contributed by atoms with van der Waals surface area (Å²) in [7, 11) is -4.27. The lowest BCUT2D eigenvalue weighted by Gasteiger charge is -2.27. The lowest BCUT2D eigenvalue weighted by Crippen LogP contribution is -2.32. The van der Waals surface area contributed by atoms with Crippen molar-refractivity contribution >= 4 is 55.9 Å². The van der Waals surface area contributed by atoms with Gasteiger partial charge in [0.1, 0.15) is 16.7 Å². The quantitative estimate of drug-likeness (QED) is 0.0735. The fraction of sp³-hybridized carbons (Fsp3) is 0.220. The van der Waals surface area contributed by atoms with Crippen LogP contribution >= 0.6 is 0 Å². The second-order valence-corrected chi connectivity index (χ2v) is 15.6. The van der Waals surface area contributed by atoms with E-state index in [-0.39, 0.29) is 16.8 Å². The van der Waals surface area contributed by atoms with Gasteiger partial charge in [-0.3, -0.25) is 0 Å². The number of hydrogen-bond acceptors (Lipinski definition) is 8. The third-order valence-electron chi connectivity index (χ3n) is 10.4. The fourth-order valence-electron chi connectivity index (χ4n) is 7.36. The summed E-state index contributed by atoms with van der Waals surface area (Å²) >= 11 is 0. The molecule has 60 heavy (non-hydrogen) atoms. The number of fused-ring (bicyclic) bond motifs is 2. The zero-order chi connectivity index (χ0) is 42.8. The van der Waals surface area contributed by atoms with E-state index in [0.29, 0.717) is 24.3 Å². The van der Waals surface area contributed by atoms with Gasteiger partial charge in [-0.25, -0.2) is 18.0 Å². The topological polar surface area (TPSA) is 117 Å². The maximum atomic E-state index is 12.6. The van der Waals surface area contributed by atoms with Crippen LogP contribution in [0.1, 0.15) is 83.5 Å². The largest absolute Gasteiger partial charge is 0.744 e. The molecule has 0 N–H and O–H groups in total. The van der Waals surface area contributed by atoms with Crippen LogP contribution in [0.4, 0.5) is 5.69 Å². The fourth-order valence-corrected chi connectivity index (χ4v) is 7.83. The molecule has 4 aromatic carbocycles. The summed E-state index contributed by atoms with van der Waals surface area (Å²) in [6, 6.07) is 30.0. The number of esters is 2. The maximum Gasteiger partial charge on any atom is 0.338 e. The Morgan fingerprint density at radius 3 is 2.13 bits per heavy atom. The average Bonchev–Trinajstić information content (AvgIpc) is 3.67. The Bertz CT molecular complexity index is 2660. The Morgan fingerprint density at radius 1 is 0.800 bits per heavy atom. The number of aromatic nitrogens is 1. The van der Waals surface area contributed by atoms with E-state index >= 15 is 0 Å². The molecule has 2 aliphatic rings. The molecular formula is C50H50N2O7S. The number of benzene rings is 4. The van der Waals surface area contributed by atoms with Crippen molar-refractivity contribution in [2.75, 3.05) is 24.7 Å². The monoisotopic (exact) mass is 822 g/mol. The smallest absolute Gasteiger partial charge is 0.338 e. The Labute approximate surface area is 353 Å². The van der Waals surface area contributed by atoms with Gasteiger partial charge in [-0.2, -0.15) is 4.57 Å². The molecule has 10 heteroatoms. The summed E-state index contributed by atoms with van der Waals surface area (Å²) < 4.78 is 44.0. The van der Waals surface area contributed by atoms with Crippen molar-refractivity contribution in [3.05, 3.63) is 178 Å². The molecule has 0 saturated heterocycles. The molecule has 0 bridgehead atoms. The molecule has 1 aliphatic carbocycles. The van der Waals surface area contributed by atoms with E-state index in [1.54, 1.807) is 12.1 Å². The van der Waals surface area contributed by atoms with E-state index in [0.717, 1.165) is 64.8 Å². The predicted octanol–water partition coefficient (Wildman–Crippen LogP) is 10.0. The molecular weight excluding hydrogens is 773 g/mol. The number of ether oxygens (including phenoxy) is 2. The summed E-state index contributed by atoms with van der Waals surface area (Å²) in [6.45, 7) is 12.0. The van der Waals surface area contributed by atoms with Crippen LogP contribution < -0.4 is 9.47 Å². The highest BCUT2D eigenvalue weighted by atomic mass is 32.2. The normalized spacial score (nSPS) is 15.1. The van der Waals surface area contributed by atoms with Gasteiger partial charge in [-0.05, 0) is 129 Å². The highest BCUT2D eigenvalue weighted by Gasteiger charge is 2.22. The molecule has 7 rings (SSSR count). The van der Waals surface area contributed by atoms with Crippen molar-refractivity contribution in [3.63, 3.8) is 0 Å². The second-order valence-electron chi connectivity index (χ2n) is 14.2. The molecule has 1 aliphatic heterocycles. The molecule has 5 aromatic rings. The zero-order valence-corrected chi connectivity index (χ0v) is 35.5. The number of hydrogen-bond donors (Lipinski definition) is 0. The molecule has 0 spiro atoms. The second kappa shape index (κ2) is 19.6. The van der Waals surface area contributed by atoms with E-state index in [9.17, 15) is 22.6 Å². The van der Waals surface area contributed by atoms with Crippen LogP contribution in [-0.2, 0) is 26.1 Å². The van der Waals surface area contributed by atoms with Gasteiger partial charge >= 0.3 is 11.9 Å². The van der Waals surface area contributed by atoms with Crippen molar-refractivity contribution in [1.82, 2.24) is 0 Å². The average molecular weight is 823 g/mol. The Hall–Kier alpha value is -6.36. The number of carbonyl (C=O) groups is 2. The van der Waals surface area contributed by atoms with Crippen LogP contribution in [0.2, 0.25) is 0 Å². The van der Waals surface area contributed by atoms with E-state index in [4.69, 9.17) is 9.47 Å². The van der Waals surface area contributed by atoms with Gasteiger partial charge in [-0.1, -0.05) is 72.3 Å². The van der Waals surface area contributed by atoms with Gasteiger partial charge in [0.2, 0.25) is 5.52 Å². The lowest BCUT2D eigenvalue weighted by molar-refractivity contribution is -0.667. The standard InChI is InChI=1S/C43H43N2O4.C7H8O3S/c1-5-44-26-24-30(37-28-35(20-22-39(37)44)42(46)48-7-3)14-16-33-18-19-34(41(33)32-12-10-9-11-13-32)17-15-31-25-27-45(6-2)40-23-21-36(29-38(31)40)43(47)49-8-4;1-6-2-4-7(5-3-6)11(8,9)10/h9-17,20-29H,5-8,18-19H2,1-4H3;2-5H,1H3,(H,8,9,10)/q+1;/p-1. The number of carbonyl (C=O) groups excluding carboxylic acids is 2. The summed E-state index contributed by atoms with van der Waals surface area (Å²) in [5.41, 5.74) is 12.2. The predicted molar refractivity (Wildman–Crippen MR) is 237 cm³/mol. The van der Waals surface area contributed by atoms with E-state index in [2.05, 4.69) is 96.4 Å². The molecule has 0 atom stereocenters. The Morgan fingerprint density at radius 2 is 1.48 bits per heavy atom. The molecule has 9 nitrogen and oxygen atoms in total. The van der Waals surface area contributed by atoms with Crippen LogP contribution in [0.5, 0.6) is 0 Å². The molecule has 308 valence electrons. The van der Waals surface area contributed by atoms with Crippen LogP contribution in [0.3, 0.4) is 0 Å². The van der Waals surface area contributed by atoms with E-state index < -0.39 is 10.1 Å². The number of aryl methyl sites for hydroxylation is 2. The van der Waals surface area contributed by atoms with E-state index in [1.807, 2.05) is 63.2 Å². The van der Waals surface area contributed by atoms with Crippen molar-refractivity contribution < 1.29 is 36.6 Å². The summed E-state index contributed by atoms with van der Waals surface area (Å²) in [4.78, 5) is 27.2. The first-order valence-corrected chi connectivity index (χ1v) is 21.7. The first-order chi connectivity index (χ1) is 28.9. The minimum atomic E-state index is -4.27. The molecule has 0 fully saturated rings. The van der Waals surface area contributed by atoms with Crippen LogP contribution in [0.25, 0.3) is 28.1 Å². The Balaban J connectivity index is 0.000000477. The van der Waals surface area contributed by atoms with E-state index in [1.165, 1.54) is 34.4 Å². The summed E-state index contributed by atoms with van der Waals surface area (Å²) in [6.07, 6.45) is 17.0. The third kappa shape index (κ3) is 10.1. The van der Waals surface area contributed by atoms with Crippen LogP contribution in [0, 0.1) is 6.92 Å². The molecule has 0 saturated carbocycles. The van der Waals surface area contributed by atoms with Crippen molar-refractivity contribution in [2.24, 2.45) is 0 Å². The van der Waals surface area contributed by atoms with Gasteiger partial charge in [-0.15, -0.1) is 0 Å². The zero-order valence-electron chi connectivity index (χ0n) is 34.7. The first-order valence-electron chi connectivity index (χ1n) is 20.3. The van der Waals surface area contributed by atoms with Gasteiger partial charge in [0.05, 0.1) is 34.6 Å². The Kier molecular flexibility index (Phi) is 14.1. The summed E-state index contributed by atoms with van der Waals surface area (Å²) in [5, 5.41) is 1.01. The molecule has 1 aromatic heterocycles. The molecule has 0 amide bonds. The van der Waals surface area contributed by atoms with Gasteiger partial charge < -0.3 is 18.9 Å². The molecule has 2 heterocycles. The third-order valence-corrected chi connectivity index (χ3v) is 11.3. The first kappa shape index (κ1) is 43.2. The lowest BCUT2D eigenvalue weighted by atomic mass is 9.94. The number of rotatable bonds is 11. The minimum absolute atomic E-state index is 0.178. The van der Waals surface area contributed by atoms with Crippen molar-refractivity contribution in [1.29, 1.82) is 0 Å². The maximum absolute atomic E-state index is 12.6.